The van der Waals surface area contributed by atoms with Crippen molar-refractivity contribution in [3.63, 3.8) is 0 Å². The number of hydrogen-bond acceptors (Lipinski definition) is 4. The van der Waals surface area contributed by atoms with Crippen LogP contribution >= 0.6 is 0 Å². The molecule has 0 spiro atoms. The van der Waals surface area contributed by atoms with Crippen LogP contribution in [0.15, 0.2) is 0 Å². The molecule has 0 amide bonds. The fraction of sp³-hybridized carbons (Fsp3) is 1.00. The molecular formula is C15H31N3O. The smallest absolute Gasteiger partial charge is 0.0829 e. The van der Waals surface area contributed by atoms with Gasteiger partial charge < -0.3 is 15.0 Å². The number of morpholine rings is 1. The average molecular weight is 269 g/mol. The van der Waals surface area contributed by atoms with E-state index < -0.39 is 0 Å². The van der Waals surface area contributed by atoms with Gasteiger partial charge in [0.25, 0.3) is 0 Å². The van der Waals surface area contributed by atoms with Gasteiger partial charge in [-0.25, -0.2) is 0 Å². The van der Waals surface area contributed by atoms with E-state index in [1.54, 1.807) is 0 Å². The quantitative estimate of drug-likeness (QED) is 0.825. The van der Waals surface area contributed by atoms with Crippen LogP contribution in [0.5, 0.6) is 0 Å². The topological polar surface area (TPSA) is 27.7 Å². The zero-order valence-corrected chi connectivity index (χ0v) is 13.1. The van der Waals surface area contributed by atoms with E-state index in [-0.39, 0.29) is 0 Å². The first-order valence-electron chi connectivity index (χ1n) is 7.85. The largest absolute Gasteiger partial charge is 0.374 e. The predicted molar refractivity (Wildman–Crippen MR) is 79.5 cm³/mol. The van der Waals surface area contributed by atoms with Crippen molar-refractivity contribution in [1.82, 2.24) is 15.1 Å². The van der Waals surface area contributed by atoms with Gasteiger partial charge in [0.2, 0.25) is 0 Å². The van der Waals surface area contributed by atoms with Crippen LogP contribution in [-0.2, 0) is 4.74 Å². The minimum Gasteiger partial charge on any atom is -0.374 e. The second-order valence-corrected chi connectivity index (χ2v) is 6.50. The average Bonchev–Trinajstić information content (AvgIpc) is 2.39. The van der Waals surface area contributed by atoms with E-state index in [0.717, 1.165) is 32.2 Å². The van der Waals surface area contributed by atoms with Crippen LogP contribution in [0.3, 0.4) is 0 Å². The Morgan fingerprint density at radius 1 is 1.26 bits per heavy atom. The number of piperidine rings is 1. The summed E-state index contributed by atoms with van der Waals surface area (Å²) in [6.07, 6.45) is 1.66. The van der Waals surface area contributed by atoms with Crippen LogP contribution in [-0.4, -0.2) is 74.4 Å². The minimum absolute atomic E-state index is 0.398. The molecule has 2 heterocycles. The highest BCUT2D eigenvalue weighted by atomic mass is 16.5. The molecule has 0 aromatic rings. The molecule has 0 aromatic heterocycles. The van der Waals surface area contributed by atoms with Crippen molar-refractivity contribution >= 4 is 0 Å². The molecule has 0 bridgehead atoms. The zero-order valence-electron chi connectivity index (χ0n) is 13.1. The van der Waals surface area contributed by atoms with E-state index in [0.29, 0.717) is 18.2 Å². The summed E-state index contributed by atoms with van der Waals surface area (Å²) in [4.78, 5) is 5.13. The Hall–Kier alpha value is -0.160. The van der Waals surface area contributed by atoms with Crippen LogP contribution in [0.25, 0.3) is 0 Å². The molecular weight excluding hydrogens is 238 g/mol. The third-order valence-corrected chi connectivity index (χ3v) is 4.72. The molecule has 2 aliphatic rings. The molecule has 1 N–H and O–H groups in total. The number of hydrogen-bond donors (Lipinski definition) is 1. The molecule has 2 aliphatic heterocycles. The Balaban J connectivity index is 1.78. The van der Waals surface area contributed by atoms with Crippen LogP contribution < -0.4 is 5.32 Å². The van der Waals surface area contributed by atoms with Crippen molar-refractivity contribution in [1.29, 1.82) is 0 Å². The molecule has 2 rings (SSSR count). The standard InChI is InChI=1S/C15H31N3O/c1-12(2)18-7-8-19-14(11-18)10-17-6-5-15(16-4)13(3)9-17/h12-16H,5-11H2,1-4H3. The molecule has 0 radical (unpaired) electrons. The molecule has 19 heavy (non-hydrogen) atoms. The molecule has 3 atom stereocenters. The van der Waals surface area contributed by atoms with E-state index in [1.165, 1.54) is 19.5 Å². The fourth-order valence-corrected chi connectivity index (χ4v) is 3.44. The van der Waals surface area contributed by atoms with Crippen molar-refractivity contribution in [2.75, 3.05) is 46.4 Å². The van der Waals surface area contributed by atoms with Crippen molar-refractivity contribution in [3.05, 3.63) is 0 Å². The first-order valence-corrected chi connectivity index (χ1v) is 7.85. The molecule has 0 aromatic carbocycles. The summed E-state index contributed by atoms with van der Waals surface area (Å²) in [6, 6.07) is 1.33. The lowest BCUT2D eigenvalue weighted by Crippen LogP contribution is -2.53. The number of rotatable bonds is 4. The van der Waals surface area contributed by atoms with Crippen molar-refractivity contribution in [3.8, 4) is 0 Å². The van der Waals surface area contributed by atoms with Gasteiger partial charge in [-0.05, 0) is 39.8 Å². The van der Waals surface area contributed by atoms with Gasteiger partial charge >= 0.3 is 0 Å². The van der Waals surface area contributed by atoms with Gasteiger partial charge in [-0.1, -0.05) is 6.92 Å². The summed E-state index contributed by atoms with van der Waals surface area (Å²) < 4.78 is 5.95. The lowest BCUT2D eigenvalue weighted by Gasteiger charge is -2.41. The van der Waals surface area contributed by atoms with E-state index in [2.05, 4.69) is 42.9 Å². The SMILES string of the molecule is CNC1CCN(CC2CN(C(C)C)CCO2)CC1C. The monoisotopic (exact) mass is 269 g/mol. The van der Waals surface area contributed by atoms with Crippen molar-refractivity contribution in [2.45, 2.75) is 45.4 Å². The maximum Gasteiger partial charge on any atom is 0.0829 e. The number of likely N-dealkylation sites (tertiary alicyclic amines) is 1. The van der Waals surface area contributed by atoms with Crippen LogP contribution in [0.1, 0.15) is 27.2 Å². The summed E-state index contributed by atoms with van der Waals surface area (Å²) in [7, 11) is 2.08. The highest BCUT2D eigenvalue weighted by molar-refractivity contribution is 4.84. The number of nitrogens with one attached hydrogen (secondary N) is 1. The van der Waals surface area contributed by atoms with Crippen molar-refractivity contribution < 1.29 is 4.74 Å². The second kappa shape index (κ2) is 7.02. The van der Waals surface area contributed by atoms with E-state index >= 15 is 0 Å². The molecule has 4 heteroatoms. The Bertz CT molecular complexity index is 272. The highest BCUT2D eigenvalue weighted by Crippen LogP contribution is 2.18. The van der Waals surface area contributed by atoms with E-state index in [4.69, 9.17) is 4.74 Å². The Labute approximate surface area is 118 Å². The molecule has 3 unspecified atom stereocenters. The number of ether oxygens (including phenoxy) is 1. The van der Waals surface area contributed by atoms with E-state index in [9.17, 15) is 0 Å². The molecule has 112 valence electrons. The summed E-state index contributed by atoms with van der Waals surface area (Å²) in [5.74, 6) is 0.739. The highest BCUT2D eigenvalue weighted by Gasteiger charge is 2.28. The molecule has 0 aliphatic carbocycles. The third-order valence-electron chi connectivity index (χ3n) is 4.72. The van der Waals surface area contributed by atoms with Crippen molar-refractivity contribution in [2.24, 2.45) is 5.92 Å². The van der Waals surface area contributed by atoms with Gasteiger partial charge in [0.15, 0.2) is 0 Å². The molecule has 2 saturated heterocycles. The summed E-state index contributed by atoms with van der Waals surface area (Å²) in [6.45, 7) is 13.5. The lowest BCUT2D eigenvalue weighted by molar-refractivity contribution is -0.0567. The summed E-state index contributed by atoms with van der Waals surface area (Å²) >= 11 is 0. The van der Waals surface area contributed by atoms with Crippen LogP contribution in [0.4, 0.5) is 0 Å². The normalized spacial score (nSPS) is 34.9. The van der Waals surface area contributed by atoms with E-state index in [1.807, 2.05) is 0 Å². The second-order valence-electron chi connectivity index (χ2n) is 6.50. The summed E-state index contributed by atoms with van der Waals surface area (Å²) in [5, 5.41) is 3.43. The molecule has 0 saturated carbocycles. The fourth-order valence-electron chi connectivity index (χ4n) is 3.44. The minimum atomic E-state index is 0.398. The van der Waals surface area contributed by atoms with Gasteiger partial charge in [0.05, 0.1) is 12.7 Å². The van der Waals surface area contributed by atoms with Gasteiger partial charge in [-0.2, -0.15) is 0 Å². The maximum absolute atomic E-state index is 5.95. The Morgan fingerprint density at radius 2 is 2.05 bits per heavy atom. The molecule has 2 fully saturated rings. The predicted octanol–water partition coefficient (Wildman–Crippen LogP) is 1.03. The third kappa shape index (κ3) is 4.15. The number of nitrogens with zero attached hydrogens (tertiary/aromatic N) is 2. The van der Waals surface area contributed by atoms with Gasteiger partial charge in [0, 0.05) is 38.3 Å². The summed E-state index contributed by atoms with van der Waals surface area (Å²) in [5.41, 5.74) is 0. The van der Waals surface area contributed by atoms with Gasteiger partial charge in [0.1, 0.15) is 0 Å². The first kappa shape index (κ1) is 15.2. The first-order chi connectivity index (χ1) is 9.10. The van der Waals surface area contributed by atoms with Crippen LogP contribution in [0.2, 0.25) is 0 Å². The van der Waals surface area contributed by atoms with Gasteiger partial charge in [-0.15, -0.1) is 0 Å². The maximum atomic E-state index is 5.95. The van der Waals surface area contributed by atoms with Crippen LogP contribution in [0, 0.1) is 5.92 Å². The Kier molecular flexibility index (Phi) is 5.63. The lowest BCUT2D eigenvalue weighted by atomic mass is 9.94. The Morgan fingerprint density at radius 3 is 2.68 bits per heavy atom. The van der Waals surface area contributed by atoms with Gasteiger partial charge in [-0.3, -0.25) is 4.90 Å². The zero-order chi connectivity index (χ0) is 13.8. The molecule has 4 nitrogen and oxygen atoms in total.